The van der Waals surface area contributed by atoms with Crippen molar-refractivity contribution in [3.63, 3.8) is 0 Å². The highest BCUT2D eigenvalue weighted by Gasteiger charge is 2.19. The highest BCUT2D eigenvalue weighted by atomic mass is 16.5. The van der Waals surface area contributed by atoms with E-state index >= 15 is 0 Å². The van der Waals surface area contributed by atoms with Crippen LogP contribution in [0.15, 0.2) is 0 Å². The van der Waals surface area contributed by atoms with Crippen LogP contribution in [0.2, 0.25) is 0 Å². The van der Waals surface area contributed by atoms with Gasteiger partial charge in [-0.2, -0.15) is 0 Å². The summed E-state index contributed by atoms with van der Waals surface area (Å²) in [6.07, 6.45) is 2.94. The van der Waals surface area contributed by atoms with Crippen LogP contribution in [0, 0.1) is 5.92 Å². The molecule has 0 aliphatic carbocycles. The molecule has 0 aromatic carbocycles. The molecule has 0 radical (unpaired) electrons. The van der Waals surface area contributed by atoms with Gasteiger partial charge >= 0.3 is 0 Å². The van der Waals surface area contributed by atoms with Crippen molar-refractivity contribution >= 4 is 0 Å². The second-order valence-corrected chi connectivity index (χ2v) is 4.62. The van der Waals surface area contributed by atoms with Crippen molar-refractivity contribution in [3.8, 4) is 0 Å². The van der Waals surface area contributed by atoms with Crippen LogP contribution in [0.5, 0.6) is 0 Å². The van der Waals surface area contributed by atoms with E-state index < -0.39 is 0 Å². The molecular formula is C12H26N2O. The van der Waals surface area contributed by atoms with Crippen LogP contribution in [0.3, 0.4) is 0 Å². The van der Waals surface area contributed by atoms with Gasteiger partial charge in [0.25, 0.3) is 0 Å². The molecule has 3 nitrogen and oxygen atoms in total. The summed E-state index contributed by atoms with van der Waals surface area (Å²) >= 11 is 0. The predicted octanol–water partition coefficient (Wildman–Crippen LogP) is 1.34. The molecule has 1 N–H and O–H groups in total. The van der Waals surface area contributed by atoms with Crippen molar-refractivity contribution in [3.05, 3.63) is 0 Å². The van der Waals surface area contributed by atoms with Gasteiger partial charge in [-0.3, -0.25) is 0 Å². The Labute approximate surface area is 94.2 Å². The standard InChI is InChI=1S/C12H26N2O/c1-4-15-12-5-7-14(8-6-12)10-11(2)9-13-3/h11-13H,4-10H2,1-3H3. The minimum atomic E-state index is 0.519. The Morgan fingerprint density at radius 1 is 1.40 bits per heavy atom. The Kier molecular flexibility index (Phi) is 6.22. The molecule has 1 atom stereocenters. The van der Waals surface area contributed by atoms with Gasteiger partial charge in [0.15, 0.2) is 0 Å². The van der Waals surface area contributed by atoms with Crippen molar-refractivity contribution < 1.29 is 4.74 Å². The summed E-state index contributed by atoms with van der Waals surface area (Å²) in [7, 11) is 2.03. The fourth-order valence-corrected chi connectivity index (χ4v) is 2.35. The lowest BCUT2D eigenvalue weighted by molar-refractivity contribution is 0.0116. The summed E-state index contributed by atoms with van der Waals surface area (Å²) in [5.74, 6) is 0.749. The molecule has 0 saturated carbocycles. The number of hydrogen-bond donors (Lipinski definition) is 1. The first-order valence-electron chi connectivity index (χ1n) is 6.24. The first-order chi connectivity index (χ1) is 7.26. The molecule has 0 aromatic heterocycles. The maximum Gasteiger partial charge on any atom is 0.0599 e. The Balaban J connectivity index is 2.14. The average molecular weight is 214 g/mol. The fourth-order valence-electron chi connectivity index (χ4n) is 2.35. The lowest BCUT2D eigenvalue weighted by Gasteiger charge is -2.33. The van der Waals surface area contributed by atoms with Gasteiger partial charge in [0.1, 0.15) is 0 Å². The monoisotopic (exact) mass is 214 g/mol. The van der Waals surface area contributed by atoms with Crippen molar-refractivity contribution in [2.45, 2.75) is 32.8 Å². The molecule has 1 rings (SSSR count). The van der Waals surface area contributed by atoms with Gasteiger partial charge in [0.2, 0.25) is 0 Å². The molecule has 1 unspecified atom stereocenters. The van der Waals surface area contributed by atoms with Crippen molar-refractivity contribution in [2.75, 3.05) is 39.8 Å². The smallest absolute Gasteiger partial charge is 0.0599 e. The lowest BCUT2D eigenvalue weighted by Crippen LogP contribution is -2.40. The molecule has 90 valence electrons. The van der Waals surface area contributed by atoms with E-state index in [-0.39, 0.29) is 0 Å². The molecule has 3 heteroatoms. The molecule has 0 amide bonds. The van der Waals surface area contributed by atoms with Crippen LogP contribution < -0.4 is 5.32 Å². The summed E-state index contributed by atoms with van der Waals surface area (Å²) in [6.45, 7) is 10.0. The molecule has 1 aliphatic heterocycles. The van der Waals surface area contributed by atoms with Crippen LogP contribution in [0.4, 0.5) is 0 Å². The van der Waals surface area contributed by atoms with Gasteiger partial charge in [-0.05, 0) is 39.3 Å². The molecule has 1 heterocycles. The zero-order valence-electron chi connectivity index (χ0n) is 10.5. The zero-order valence-corrected chi connectivity index (χ0v) is 10.5. The average Bonchev–Trinajstić information content (AvgIpc) is 2.22. The van der Waals surface area contributed by atoms with E-state index in [9.17, 15) is 0 Å². The minimum absolute atomic E-state index is 0.519. The number of ether oxygens (including phenoxy) is 1. The fraction of sp³-hybridized carbons (Fsp3) is 1.00. The third-order valence-electron chi connectivity index (χ3n) is 3.06. The molecule has 1 aliphatic rings. The maximum absolute atomic E-state index is 5.64. The number of hydrogen-bond acceptors (Lipinski definition) is 3. The van der Waals surface area contributed by atoms with Gasteiger partial charge in [0.05, 0.1) is 6.10 Å². The second-order valence-electron chi connectivity index (χ2n) is 4.62. The van der Waals surface area contributed by atoms with Crippen LogP contribution in [0.25, 0.3) is 0 Å². The van der Waals surface area contributed by atoms with E-state index in [0.29, 0.717) is 6.10 Å². The molecule has 0 bridgehead atoms. The third kappa shape index (κ3) is 4.96. The van der Waals surface area contributed by atoms with Gasteiger partial charge < -0.3 is 15.0 Å². The van der Waals surface area contributed by atoms with Crippen LogP contribution >= 0.6 is 0 Å². The van der Waals surface area contributed by atoms with E-state index in [1.807, 2.05) is 7.05 Å². The maximum atomic E-state index is 5.64. The number of nitrogens with zero attached hydrogens (tertiary/aromatic N) is 1. The van der Waals surface area contributed by atoms with Gasteiger partial charge in [-0.1, -0.05) is 6.92 Å². The lowest BCUT2D eigenvalue weighted by atomic mass is 10.1. The normalized spacial score (nSPS) is 21.8. The highest BCUT2D eigenvalue weighted by molar-refractivity contribution is 4.74. The topological polar surface area (TPSA) is 24.5 Å². The number of nitrogens with one attached hydrogen (secondary N) is 1. The quantitative estimate of drug-likeness (QED) is 0.722. The largest absolute Gasteiger partial charge is 0.378 e. The van der Waals surface area contributed by atoms with Gasteiger partial charge in [-0.25, -0.2) is 0 Å². The van der Waals surface area contributed by atoms with E-state index in [4.69, 9.17) is 4.74 Å². The number of likely N-dealkylation sites (tertiary alicyclic amines) is 1. The van der Waals surface area contributed by atoms with Crippen LogP contribution in [-0.2, 0) is 4.74 Å². The summed E-state index contributed by atoms with van der Waals surface area (Å²) in [6, 6.07) is 0. The van der Waals surface area contributed by atoms with E-state index in [1.165, 1.54) is 32.5 Å². The predicted molar refractivity (Wildman–Crippen MR) is 64.2 cm³/mol. The summed E-state index contributed by atoms with van der Waals surface area (Å²) in [4.78, 5) is 2.57. The third-order valence-corrected chi connectivity index (χ3v) is 3.06. The molecule has 1 fully saturated rings. The number of piperidine rings is 1. The Bertz CT molecular complexity index is 156. The van der Waals surface area contributed by atoms with Crippen molar-refractivity contribution in [2.24, 2.45) is 5.92 Å². The first-order valence-corrected chi connectivity index (χ1v) is 6.24. The first kappa shape index (κ1) is 12.9. The summed E-state index contributed by atoms with van der Waals surface area (Å²) in [5.41, 5.74) is 0. The molecule has 0 spiro atoms. The van der Waals surface area contributed by atoms with Gasteiger partial charge in [-0.15, -0.1) is 0 Å². The molecular weight excluding hydrogens is 188 g/mol. The van der Waals surface area contributed by atoms with E-state index in [0.717, 1.165) is 19.1 Å². The van der Waals surface area contributed by atoms with Crippen LogP contribution in [0.1, 0.15) is 26.7 Å². The molecule has 0 aromatic rings. The Hall–Kier alpha value is -0.120. The number of rotatable bonds is 6. The zero-order chi connectivity index (χ0) is 11.1. The van der Waals surface area contributed by atoms with Crippen molar-refractivity contribution in [1.82, 2.24) is 10.2 Å². The molecule has 15 heavy (non-hydrogen) atoms. The Morgan fingerprint density at radius 2 is 2.07 bits per heavy atom. The molecule has 1 saturated heterocycles. The van der Waals surface area contributed by atoms with E-state index in [1.54, 1.807) is 0 Å². The van der Waals surface area contributed by atoms with Crippen molar-refractivity contribution in [1.29, 1.82) is 0 Å². The van der Waals surface area contributed by atoms with Gasteiger partial charge in [0, 0.05) is 26.2 Å². The SMILES string of the molecule is CCOC1CCN(CC(C)CNC)CC1. The minimum Gasteiger partial charge on any atom is -0.378 e. The highest BCUT2D eigenvalue weighted by Crippen LogP contribution is 2.14. The van der Waals surface area contributed by atoms with E-state index in [2.05, 4.69) is 24.1 Å². The Morgan fingerprint density at radius 3 is 2.60 bits per heavy atom. The second kappa shape index (κ2) is 7.20. The van der Waals surface area contributed by atoms with Crippen LogP contribution in [-0.4, -0.2) is 50.8 Å². The summed E-state index contributed by atoms with van der Waals surface area (Å²) in [5, 5.41) is 3.23. The summed E-state index contributed by atoms with van der Waals surface area (Å²) < 4.78 is 5.64.